The zero-order chi connectivity index (χ0) is 23.8. The molecule has 33 heavy (non-hydrogen) atoms. The molecule has 0 saturated heterocycles. The fourth-order valence-electron chi connectivity index (χ4n) is 3.97. The maximum Gasteiger partial charge on any atom is 0.323 e. The van der Waals surface area contributed by atoms with Crippen molar-refractivity contribution in [1.82, 2.24) is 9.88 Å². The smallest absolute Gasteiger partial charge is 0.323 e. The quantitative estimate of drug-likeness (QED) is 0.450. The highest BCUT2D eigenvalue weighted by Gasteiger charge is 2.28. The maximum absolute atomic E-state index is 13.2. The van der Waals surface area contributed by atoms with E-state index in [1.165, 1.54) is 23.1 Å². The van der Waals surface area contributed by atoms with Crippen molar-refractivity contribution in [1.29, 1.82) is 0 Å². The Kier molecular flexibility index (Phi) is 9.25. The number of methoxy groups -OCH3 is 2. The van der Waals surface area contributed by atoms with Crippen molar-refractivity contribution in [2.24, 2.45) is 5.92 Å². The lowest BCUT2D eigenvalue weighted by Gasteiger charge is -2.36. The molecule has 1 fully saturated rings. The second kappa shape index (κ2) is 12.1. The maximum atomic E-state index is 13.2. The summed E-state index contributed by atoms with van der Waals surface area (Å²) in [5.41, 5.74) is 1.07. The molecule has 0 aliphatic heterocycles. The lowest BCUT2D eigenvalue weighted by atomic mass is 9.86. The van der Waals surface area contributed by atoms with Gasteiger partial charge in [0.25, 0.3) is 0 Å². The molecule has 1 heterocycles. The van der Waals surface area contributed by atoms with Gasteiger partial charge in [-0.1, -0.05) is 24.3 Å². The predicted molar refractivity (Wildman–Crippen MR) is 131 cm³/mol. The second-order valence-corrected chi connectivity index (χ2v) is 10.4. The van der Waals surface area contributed by atoms with Gasteiger partial charge in [-0.25, -0.2) is 9.78 Å². The van der Waals surface area contributed by atoms with Gasteiger partial charge < -0.3 is 19.5 Å². The molecule has 10 heteroatoms. The van der Waals surface area contributed by atoms with Gasteiger partial charge in [-0.2, -0.15) is 0 Å². The number of urea groups is 1. The van der Waals surface area contributed by atoms with Crippen LogP contribution in [0.4, 0.5) is 9.93 Å². The van der Waals surface area contributed by atoms with E-state index >= 15 is 0 Å². The lowest BCUT2D eigenvalue weighted by molar-refractivity contribution is -0.133. The topological polar surface area (TPSA) is 101 Å². The first-order valence-corrected chi connectivity index (χ1v) is 12.8. The Bertz CT molecular complexity index is 944. The van der Waals surface area contributed by atoms with Crippen LogP contribution < -0.4 is 14.8 Å². The lowest BCUT2D eigenvalue weighted by Crippen LogP contribution is -2.45. The van der Waals surface area contributed by atoms with Crippen molar-refractivity contribution in [3.8, 4) is 11.5 Å². The number of aliphatic carboxylic acids is 1. The van der Waals surface area contributed by atoms with Gasteiger partial charge in [0, 0.05) is 12.6 Å². The Morgan fingerprint density at radius 3 is 2.61 bits per heavy atom. The van der Waals surface area contributed by atoms with Crippen molar-refractivity contribution in [2.45, 2.75) is 49.3 Å². The van der Waals surface area contributed by atoms with E-state index < -0.39 is 5.97 Å². The van der Waals surface area contributed by atoms with Gasteiger partial charge in [-0.3, -0.25) is 10.1 Å². The number of rotatable bonds is 10. The number of carbonyl (C=O) groups is 2. The van der Waals surface area contributed by atoms with Crippen LogP contribution in [0.25, 0.3) is 0 Å². The molecule has 0 bridgehead atoms. The number of aromatic nitrogens is 1. The summed E-state index contributed by atoms with van der Waals surface area (Å²) in [6.45, 7) is 2.84. The predicted octanol–water partition coefficient (Wildman–Crippen LogP) is 4.99. The van der Waals surface area contributed by atoms with E-state index in [2.05, 4.69) is 17.2 Å². The largest absolute Gasteiger partial charge is 0.493 e. The SMILES string of the molecule is COc1ccc(CCN(C(=O)Nc2ncc(SCC(=O)O)s2)C2CCC(C)CC2)cc1OC. The van der Waals surface area contributed by atoms with E-state index in [-0.39, 0.29) is 17.8 Å². The normalized spacial score (nSPS) is 17.9. The molecule has 1 aliphatic carbocycles. The number of hydrogen-bond acceptors (Lipinski definition) is 7. The number of carboxylic acids is 1. The number of benzene rings is 1. The highest BCUT2D eigenvalue weighted by molar-refractivity contribution is 8.01. The van der Waals surface area contributed by atoms with Gasteiger partial charge in [0.1, 0.15) is 0 Å². The van der Waals surface area contributed by atoms with Crippen molar-refractivity contribution in [3.63, 3.8) is 0 Å². The number of nitrogens with zero attached hydrogens (tertiary/aromatic N) is 2. The molecule has 0 atom stereocenters. The van der Waals surface area contributed by atoms with E-state index in [4.69, 9.17) is 14.6 Å². The van der Waals surface area contributed by atoms with E-state index in [9.17, 15) is 9.59 Å². The van der Waals surface area contributed by atoms with Gasteiger partial charge in [0.2, 0.25) is 0 Å². The van der Waals surface area contributed by atoms with Crippen LogP contribution in [-0.4, -0.2) is 59.5 Å². The number of amides is 2. The third-order valence-corrected chi connectivity index (χ3v) is 7.90. The first-order valence-electron chi connectivity index (χ1n) is 11.0. The summed E-state index contributed by atoms with van der Waals surface area (Å²) in [6, 6.07) is 5.84. The van der Waals surface area contributed by atoms with Crippen molar-refractivity contribution < 1.29 is 24.2 Å². The van der Waals surface area contributed by atoms with Gasteiger partial charge in [0.05, 0.1) is 30.4 Å². The number of carbonyl (C=O) groups excluding carboxylic acids is 1. The highest BCUT2D eigenvalue weighted by atomic mass is 32.2. The summed E-state index contributed by atoms with van der Waals surface area (Å²) in [6.07, 6.45) is 6.48. The minimum atomic E-state index is -0.883. The Labute approximate surface area is 202 Å². The molecular formula is C23H31N3O5S2. The second-order valence-electron chi connectivity index (χ2n) is 8.14. The van der Waals surface area contributed by atoms with Gasteiger partial charge >= 0.3 is 12.0 Å². The Morgan fingerprint density at radius 2 is 1.94 bits per heavy atom. The third-order valence-electron chi connectivity index (χ3n) is 5.81. The van der Waals surface area contributed by atoms with Crippen LogP contribution in [0.1, 0.15) is 38.2 Å². The molecule has 1 aliphatic rings. The number of nitrogens with one attached hydrogen (secondary N) is 1. The number of thioether (sulfide) groups is 1. The summed E-state index contributed by atoms with van der Waals surface area (Å²) >= 11 is 2.49. The highest BCUT2D eigenvalue weighted by Crippen LogP contribution is 2.31. The number of thiazole rings is 1. The first kappa shape index (κ1) is 25.2. The average Bonchev–Trinajstić information content (AvgIpc) is 3.26. The van der Waals surface area contributed by atoms with Crippen LogP contribution in [-0.2, 0) is 11.2 Å². The average molecular weight is 494 g/mol. The number of hydrogen-bond donors (Lipinski definition) is 2. The minimum Gasteiger partial charge on any atom is -0.493 e. The van der Waals surface area contributed by atoms with Gasteiger partial charge in [-0.05, 0) is 55.7 Å². The van der Waals surface area contributed by atoms with Crippen molar-refractivity contribution in [2.75, 3.05) is 31.8 Å². The fourth-order valence-corrected chi connectivity index (χ4v) is 5.55. The van der Waals surface area contributed by atoms with Crippen LogP contribution in [0.3, 0.4) is 0 Å². The first-order chi connectivity index (χ1) is 15.9. The molecule has 180 valence electrons. The zero-order valence-electron chi connectivity index (χ0n) is 19.2. The monoisotopic (exact) mass is 493 g/mol. The number of ether oxygens (including phenoxy) is 2. The van der Waals surface area contributed by atoms with Gasteiger partial charge in [-0.15, -0.1) is 11.8 Å². The van der Waals surface area contributed by atoms with E-state index in [0.29, 0.717) is 35.5 Å². The molecule has 1 aromatic heterocycles. The van der Waals surface area contributed by atoms with Crippen molar-refractivity contribution >= 4 is 40.2 Å². The molecule has 2 amide bonds. The molecule has 3 rings (SSSR count). The van der Waals surface area contributed by atoms with Crippen LogP contribution in [0.2, 0.25) is 0 Å². The zero-order valence-corrected chi connectivity index (χ0v) is 20.8. The van der Waals surface area contributed by atoms with Crippen molar-refractivity contribution in [3.05, 3.63) is 30.0 Å². The summed E-state index contributed by atoms with van der Waals surface area (Å²) in [5.74, 6) is 1.12. The third kappa shape index (κ3) is 7.26. The molecule has 1 aromatic carbocycles. The summed E-state index contributed by atoms with van der Waals surface area (Å²) in [7, 11) is 3.22. The molecule has 0 spiro atoms. The van der Waals surface area contributed by atoms with Crippen LogP contribution in [0, 0.1) is 5.92 Å². The number of anilines is 1. The molecule has 2 N–H and O–H groups in total. The molecule has 8 nitrogen and oxygen atoms in total. The van der Waals surface area contributed by atoms with E-state index in [1.54, 1.807) is 20.4 Å². The summed E-state index contributed by atoms with van der Waals surface area (Å²) in [4.78, 5) is 30.2. The fraction of sp³-hybridized carbons (Fsp3) is 0.522. The Hall–Kier alpha value is -2.46. The van der Waals surface area contributed by atoms with E-state index in [0.717, 1.165) is 35.5 Å². The Balaban J connectivity index is 1.68. The van der Waals surface area contributed by atoms with Gasteiger partial charge in [0.15, 0.2) is 16.6 Å². The molecule has 2 aromatic rings. The number of carboxylic acid groups (broad SMARTS) is 1. The summed E-state index contributed by atoms with van der Waals surface area (Å²) in [5, 5.41) is 12.3. The Morgan fingerprint density at radius 1 is 1.21 bits per heavy atom. The molecule has 1 saturated carbocycles. The molecular weight excluding hydrogens is 462 g/mol. The minimum absolute atomic E-state index is 0.0344. The van der Waals surface area contributed by atoms with Crippen LogP contribution in [0.5, 0.6) is 11.5 Å². The van der Waals surface area contributed by atoms with Crippen LogP contribution in [0.15, 0.2) is 28.6 Å². The molecule has 0 unspecified atom stereocenters. The van der Waals surface area contributed by atoms with Crippen LogP contribution >= 0.6 is 23.1 Å². The standard InChI is InChI=1S/C23H31N3O5S2/c1-15-4-7-17(8-5-15)26(11-10-16-6-9-18(30-2)19(12-16)31-3)23(29)25-22-24-13-21(33-22)32-14-20(27)28/h6,9,12-13,15,17H,4-5,7-8,10-11,14H2,1-3H3,(H,27,28)(H,24,25,29). The van der Waals surface area contributed by atoms with E-state index in [1.807, 2.05) is 23.1 Å². The molecule has 0 radical (unpaired) electrons. The summed E-state index contributed by atoms with van der Waals surface area (Å²) < 4.78 is 11.5.